The topological polar surface area (TPSA) is 43.4 Å². The summed E-state index contributed by atoms with van der Waals surface area (Å²) in [7, 11) is 1.43. The lowest BCUT2D eigenvalue weighted by Crippen LogP contribution is -2.26. The number of hydrogen-bond donors (Lipinski definition) is 0. The molecule has 0 heterocycles. The van der Waals surface area contributed by atoms with Gasteiger partial charge in [0.2, 0.25) is 0 Å². The van der Waals surface area contributed by atoms with E-state index in [-0.39, 0.29) is 23.6 Å². The van der Waals surface area contributed by atoms with Crippen molar-refractivity contribution in [2.75, 3.05) is 7.11 Å². The first-order valence-electron chi connectivity index (χ1n) is 7.48. The minimum Gasteiger partial charge on any atom is -0.469 e. The van der Waals surface area contributed by atoms with E-state index in [1.807, 2.05) is 24.3 Å². The molecule has 114 valence electrons. The molecule has 0 amide bonds. The van der Waals surface area contributed by atoms with Crippen LogP contribution in [0.2, 0.25) is 0 Å². The van der Waals surface area contributed by atoms with Crippen LogP contribution in [0, 0.1) is 11.8 Å². The zero-order valence-electron chi connectivity index (χ0n) is 12.3. The molecule has 0 aliphatic heterocycles. The van der Waals surface area contributed by atoms with Crippen LogP contribution in [-0.2, 0) is 9.53 Å². The molecule has 0 spiro atoms. The highest BCUT2D eigenvalue weighted by Crippen LogP contribution is 2.33. The lowest BCUT2D eigenvalue weighted by molar-refractivity contribution is -0.147. The molecule has 0 saturated heterocycles. The molecule has 1 fully saturated rings. The summed E-state index contributed by atoms with van der Waals surface area (Å²) in [6.07, 6.45) is 5.47. The minimum atomic E-state index is -0.162. The summed E-state index contributed by atoms with van der Waals surface area (Å²) in [5.74, 6) is -0.0678. The summed E-state index contributed by atoms with van der Waals surface area (Å²) in [4.78, 5) is 24.4. The van der Waals surface area contributed by atoms with Gasteiger partial charge >= 0.3 is 5.97 Å². The monoisotopic (exact) mass is 352 g/mol. The third kappa shape index (κ3) is 4.40. The molecule has 21 heavy (non-hydrogen) atoms. The van der Waals surface area contributed by atoms with Gasteiger partial charge in [0.15, 0.2) is 5.78 Å². The Labute approximate surface area is 134 Å². The Morgan fingerprint density at radius 1 is 1.14 bits per heavy atom. The highest BCUT2D eigenvalue weighted by atomic mass is 79.9. The van der Waals surface area contributed by atoms with Gasteiger partial charge < -0.3 is 4.74 Å². The molecule has 3 nitrogen and oxygen atoms in total. The molecular formula is C17H21BrO3. The Bertz CT molecular complexity index is 495. The van der Waals surface area contributed by atoms with Crippen molar-refractivity contribution in [1.29, 1.82) is 0 Å². The summed E-state index contributed by atoms with van der Waals surface area (Å²) in [6.45, 7) is 0. The molecule has 0 radical (unpaired) electrons. The zero-order chi connectivity index (χ0) is 15.2. The van der Waals surface area contributed by atoms with Gasteiger partial charge in [-0.15, -0.1) is 0 Å². The van der Waals surface area contributed by atoms with Gasteiger partial charge in [-0.05, 0) is 30.9 Å². The number of Topliss-reactive ketones (excluding diaryl/α,β-unsaturated/α-hetero) is 1. The molecule has 0 aromatic heterocycles. The Morgan fingerprint density at radius 3 is 2.48 bits per heavy atom. The molecule has 1 aromatic carbocycles. The van der Waals surface area contributed by atoms with E-state index < -0.39 is 0 Å². The molecule has 0 bridgehead atoms. The standard InChI is InChI=1S/C17H21BrO3/c1-21-17(20)15-6-4-2-3-5-13(15)11-16(19)12-7-9-14(18)10-8-12/h7-10,13,15H,2-6,11H2,1H3/t13-,15+/m1/s1. The quantitative estimate of drug-likeness (QED) is 0.458. The highest BCUT2D eigenvalue weighted by Gasteiger charge is 2.32. The van der Waals surface area contributed by atoms with Crippen LogP contribution >= 0.6 is 15.9 Å². The molecule has 2 rings (SSSR count). The first kappa shape index (κ1) is 16.2. The van der Waals surface area contributed by atoms with Crippen LogP contribution < -0.4 is 0 Å². The molecule has 4 heteroatoms. The van der Waals surface area contributed by atoms with E-state index in [4.69, 9.17) is 4.74 Å². The van der Waals surface area contributed by atoms with Gasteiger partial charge in [-0.25, -0.2) is 0 Å². The van der Waals surface area contributed by atoms with Crippen LogP contribution in [0.15, 0.2) is 28.7 Å². The molecule has 1 saturated carbocycles. The summed E-state index contributed by atoms with van der Waals surface area (Å²) < 4.78 is 5.88. The Balaban J connectivity index is 2.08. The Kier molecular flexibility index (Phi) is 5.97. The Morgan fingerprint density at radius 2 is 1.81 bits per heavy atom. The second kappa shape index (κ2) is 7.74. The van der Waals surface area contributed by atoms with Crippen molar-refractivity contribution in [3.05, 3.63) is 34.3 Å². The summed E-state index contributed by atoms with van der Waals surface area (Å²) in [5.41, 5.74) is 0.714. The summed E-state index contributed by atoms with van der Waals surface area (Å²) >= 11 is 3.37. The smallest absolute Gasteiger partial charge is 0.308 e. The van der Waals surface area contributed by atoms with E-state index >= 15 is 0 Å². The van der Waals surface area contributed by atoms with Gasteiger partial charge in [0.1, 0.15) is 0 Å². The van der Waals surface area contributed by atoms with Gasteiger partial charge in [-0.1, -0.05) is 47.3 Å². The van der Waals surface area contributed by atoms with Crippen molar-refractivity contribution in [2.45, 2.75) is 38.5 Å². The second-order valence-corrected chi connectivity index (χ2v) is 6.58. The first-order chi connectivity index (χ1) is 10.1. The molecule has 2 atom stereocenters. The fourth-order valence-electron chi connectivity index (χ4n) is 3.08. The SMILES string of the molecule is COC(=O)[C@H]1CCCCC[C@@H]1CC(=O)c1ccc(Br)cc1. The zero-order valence-corrected chi connectivity index (χ0v) is 13.9. The van der Waals surface area contributed by atoms with Crippen LogP contribution in [0.3, 0.4) is 0 Å². The number of benzene rings is 1. The van der Waals surface area contributed by atoms with Crippen molar-refractivity contribution in [2.24, 2.45) is 11.8 Å². The van der Waals surface area contributed by atoms with E-state index in [1.54, 1.807) is 0 Å². The predicted molar refractivity (Wildman–Crippen MR) is 85.2 cm³/mol. The lowest BCUT2D eigenvalue weighted by Gasteiger charge is -2.22. The average Bonchev–Trinajstić information content (AvgIpc) is 2.72. The van der Waals surface area contributed by atoms with Gasteiger partial charge in [-0.2, -0.15) is 0 Å². The molecule has 0 N–H and O–H groups in total. The maximum absolute atomic E-state index is 12.4. The fraction of sp³-hybridized carbons (Fsp3) is 0.529. The summed E-state index contributed by atoms with van der Waals surface area (Å²) in [6, 6.07) is 7.41. The fourth-order valence-corrected chi connectivity index (χ4v) is 3.35. The van der Waals surface area contributed by atoms with Crippen LogP contribution in [-0.4, -0.2) is 18.9 Å². The van der Waals surface area contributed by atoms with Gasteiger partial charge in [0.25, 0.3) is 0 Å². The van der Waals surface area contributed by atoms with Crippen molar-refractivity contribution < 1.29 is 14.3 Å². The van der Waals surface area contributed by atoms with Crippen molar-refractivity contribution in [3.63, 3.8) is 0 Å². The van der Waals surface area contributed by atoms with E-state index in [0.29, 0.717) is 12.0 Å². The van der Waals surface area contributed by atoms with E-state index in [1.165, 1.54) is 7.11 Å². The highest BCUT2D eigenvalue weighted by molar-refractivity contribution is 9.10. The van der Waals surface area contributed by atoms with Crippen LogP contribution in [0.1, 0.15) is 48.9 Å². The van der Waals surface area contributed by atoms with Gasteiger partial charge in [-0.3, -0.25) is 9.59 Å². The number of ketones is 1. The van der Waals surface area contributed by atoms with E-state index in [9.17, 15) is 9.59 Å². The minimum absolute atomic E-state index is 0.107. The van der Waals surface area contributed by atoms with E-state index in [0.717, 1.165) is 36.6 Å². The first-order valence-corrected chi connectivity index (χ1v) is 8.27. The molecule has 1 aliphatic rings. The lowest BCUT2D eigenvalue weighted by atomic mass is 9.83. The Hall–Kier alpha value is -1.16. The predicted octanol–water partition coefficient (Wildman–Crippen LogP) is 4.39. The van der Waals surface area contributed by atoms with Gasteiger partial charge in [0.05, 0.1) is 13.0 Å². The number of methoxy groups -OCH3 is 1. The number of rotatable bonds is 4. The van der Waals surface area contributed by atoms with Crippen LogP contribution in [0.4, 0.5) is 0 Å². The van der Waals surface area contributed by atoms with Gasteiger partial charge in [0, 0.05) is 16.5 Å². The van der Waals surface area contributed by atoms with Crippen LogP contribution in [0.25, 0.3) is 0 Å². The van der Waals surface area contributed by atoms with Crippen LogP contribution in [0.5, 0.6) is 0 Å². The largest absolute Gasteiger partial charge is 0.469 e. The van der Waals surface area contributed by atoms with Crippen molar-refractivity contribution in [1.82, 2.24) is 0 Å². The third-order valence-electron chi connectivity index (χ3n) is 4.28. The number of ether oxygens (including phenoxy) is 1. The maximum atomic E-state index is 12.4. The number of carbonyl (C=O) groups excluding carboxylic acids is 2. The number of hydrogen-bond acceptors (Lipinski definition) is 3. The van der Waals surface area contributed by atoms with Crippen molar-refractivity contribution >= 4 is 27.7 Å². The molecular weight excluding hydrogens is 332 g/mol. The van der Waals surface area contributed by atoms with Crippen molar-refractivity contribution in [3.8, 4) is 0 Å². The second-order valence-electron chi connectivity index (χ2n) is 5.66. The van der Waals surface area contributed by atoms with E-state index in [2.05, 4.69) is 15.9 Å². The summed E-state index contributed by atoms with van der Waals surface area (Å²) in [5, 5.41) is 0. The normalized spacial score (nSPS) is 22.4. The number of carbonyl (C=O) groups is 2. The molecule has 0 unspecified atom stereocenters. The molecule has 1 aromatic rings. The average molecular weight is 353 g/mol. The number of esters is 1. The third-order valence-corrected chi connectivity index (χ3v) is 4.81. The molecule has 1 aliphatic carbocycles. The number of halogens is 1. The maximum Gasteiger partial charge on any atom is 0.308 e.